The monoisotopic (exact) mass is 363 g/mol. The highest BCUT2D eigenvalue weighted by atomic mass is 19.3. The standard InChI is InChI=1S/C18H16F3N3O2/c1-24-15-10-12(19)4-7-14(15)23-16(24)8-9-22-17(25)11-2-5-13(6-3-11)26-18(20)21/h2-7,10,18H,8-9H2,1H3,(H,22,25). The number of aromatic nitrogens is 2. The molecular weight excluding hydrogens is 347 g/mol. The maximum Gasteiger partial charge on any atom is 0.387 e. The van der Waals surface area contributed by atoms with Gasteiger partial charge in [-0.15, -0.1) is 0 Å². The molecule has 0 saturated heterocycles. The van der Waals surface area contributed by atoms with Gasteiger partial charge in [0.2, 0.25) is 0 Å². The predicted molar refractivity (Wildman–Crippen MR) is 89.8 cm³/mol. The van der Waals surface area contributed by atoms with Crippen LogP contribution in [0.25, 0.3) is 11.0 Å². The van der Waals surface area contributed by atoms with E-state index in [1.807, 2.05) is 0 Å². The maximum atomic E-state index is 13.3. The molecule has 0 atom stereocenters. The van der Waals surface area contributed by atoms with Gasteiger partial charge in [-0.1, -0.05) is 0 Å². The first-order valence-electron chi connectivity index (χ1n) is 7.88. The van der Waals surface area contributed by atoms with Crippen molar-refractivity contribution in [2.75, 3.05) is 6.54 Å². The van der Waals surface area contributed by atoms with Gasteiger partial charge in [0.25, 0.3) is 5.91 Å². The minimum absolute atomic E-state index is 0.0107. The number of amides is 1. The summed E-state index contributed by atoms with van der Waals surface area (Å²) >= 11 is 0. The van der Waals surface area contributed by atoms with Crippen LogP contribution in [0.1, 0.15) is 16.2 Å². The van der Waals surface area contributed by atoms with E-state index in [2.05, 4.69) is 15.0 Å². The van der Waals surface area contributed by atoms with Crippen molar-refractivity contribution >= 4 is 16.9 Å². The molecule has 2 aromatic carbocycles. The van der Waals surface area contributed by atoms with Crippen LogP contribution in [0.4, 0.5) is 13.2 Å². The number of fused-ring (bicyclic) bond motifs is 1. The summed E-state index contributed by atoms with van der Waals surface area (Å²) in [6.07, 6.45) is 0.463. The van der Waals surface area contributed by atoms with Crippen LogP contribution in [0.2, 0.25) is 0 Å². The third-order valence-electron chi connectivity index (χ3n) is 3.91. The molecule has 0 bridgehead atoms. The molecule has 3 aromatic rings. The average Bonchev–Trinajstić information content (AvgIpc) is 2.91. The number of ether oxygens (including phenoxy) is 1. The molecule has 3 rings (SSSR count). The highest BCUT2D eigenvalue weighted by Crippen LogP contribution is 2.17. The fourth-order valence-electron chi connectivity index (χ4n) is 2.61. The summed E-state index contributed by atoms with van der Waals surface area (Å²) in [6, 6.07) is 9.80. The SMILES string of the molecule is Cn1c(CCNC(=O)c2ccc(OC(F)F)cc2)nc2ccc(F)cc21. The quantitative estimate of drug-likeness (QED) is 0.731. The summed E-state index contributed by atoms with van der Waals surface area (Å²) in [5.41, 5.74) is 1.70. The van der Waals surface area contributed by atoms with E-state index >= 15 is 0 Å². The van der Waals surface area contributed by atoms with Gasteiger partial charge in [-0.25, -0.2) is 9.37 Å². The second-order valence-electron chi connectivity index (χ2n) is 5.63. The molecule has 0 spiro atoms. The first-order chi connectivity index (χ1) is 12.4. The Morgan fingerprint density at radius 1 is 1.23 bits per heavy atom. The van der Waals surface area contributed by atoms with Gasteiger partial charge in [0.15, 0.2) is 0 Å². The molecule has 0 unspecified atom stereocenters. The maximum absolute atomic E-state index is 13.3. The summed E-state index contributed by atoms with van der Waals surface area (Å²) in [5.74, 6) is 0.0353. The largest absolute Gasteiger partial charge is 0.435 e. The number of rotatable bonds is 6. The first kappa shape index (κ1) is 17.8. The number of hydrogen-bond acceptors (Lipinski definition) is 3. The van der Waals surface area contributed by atoms with E-state index in [0.29, 0.717) is 35.4 Å². The summed E-state index contributed by atoms with van der Waals surface area (Å²) < 4.78 is 43.6. The fourth-order valence-corrected chi connectivity index (χ4v) is 2.61. The van der Waals surface area contributed by atoms with Crippen LogP contribution in [0, 0.1) is 5.82 Å². The summed E-state index contributed by atoms with van der Waals surface area (Å²) in [5, 5.41) is 2.74. The number of imidazole rings is 1. The number of nitrogens with one attached hydrogen (secondary N) is 1. The zero-order chi connectivity index (χ0) is 18.7. The van der Waals surface area contributed by atoms with Crippen molar-refractivity contribution in [3.63, 3.8) is 0 Å². The van der Waals surface area contributed by atoms with Crippen molar-refractivity contribution < 1.29 is 22.7 Å². The Morgan fingerprint density at radius 3 is 2.65 bits per heavy atom. The number of halogens is 3. The van der Waals surface area contributed by atoms with Crippen LogP contribution in [0.5, 0.6) is 5.75 Å². The van der Waals surface area contributed by atoms with E-state index in [4.69, 9.17) is 0 Å². The third-order valence-corrected chi connectivity index (χ3v) is 3.91. The van der Waals surface area contributed by atoms with Gasteiger partial charge in [0.1, 0.15) is 17.4 Å². The minimum Gasteiger partial charge on any atom is -0.435 e. The molecule has 1 amide bonds. The normalized spacial score (nSPS) is 11.1. The van der Waals surface area contributed by atoms with Gasteiger partial charge >= 0.3 is 6.61 Å². The van der Waals surface area contributed by atoms with Crippen LogP contribution in [0.3, 0.4) is 0 Å². The summed E-state index contributed by atoms with van der Waals surface area (Å²) in [7, 11) is 1.79. The molecule has 8 heteroatoms. The van der Waals surface area contributed by atoms with Gasteiger partial charge in [-0.3, -0.25) is 4.79 Å². The van der Waals surface area contributed by atoms with Gasteiger partial charge < -0.3 is 14.6 Å². The fraction of sp³-hybridized carbons (Fsp3) is 0.222. The summed E-state index contributed by atoms with van der Waals surface area (Å²) in [6.45, 7) is -2.58. The van der Waals surface area contributed by atoms with Crippen LogP contribution in [-0.4, -0.2) is 28.6 Å². The molecule has 26 heavy (non-hydrogen) atoms. The van der Waals surface area contributed by atoms with Gasteiger partial charge in [-0.2, -0.15) is 8.78 Å². The first-order valence-corrected chi connectivity index (χ1v) is 7.88. The second-order valence-corrected chi connectivity index (χ2v) is 5.63. The molecule has 0 aliphatic rings. The Kier molecular flexibility index (Phi) is 5.11. The topological polar surface area (TPSA) is 56.2 Å². The highest BCUT2D eigenvalue weighted by Gasteiger charge is 2.11. The smallest absolute Gasteiger partial charge is 0.387 e. The number of carbonyl (C=O) groups is 1. The Balaban J connectivity index is 1.59. The highest BCUT2D eigenvalue weighted by molar-refractivity contribution is 5.94. The molecule has 136 valence electrons. The molecule has 0 aliphatic carbocycles. The number of aryl methyl sites for hydroxylation is 1. The van der Waals surface area contributed by atoms with Crippen LogP contribution < -0.4 is 10.1 Å². The molecule has 0 radical (unpaired) electrons. The Hall–Kier alpha value is -3.03. The minimum atomic E-state index is -2.91. The van der Waals surface area contributed by atoms with Crippen molar-refractivity contribution in [3.8, 4) is 5.75 Å². The van der Waals surface area contributed by atoms with Crippen molar-refractivity contribution in [3.05, 3.63) is 59.7 Å². The summed E-state index contributed by atoms with van der Waals surface area (Å²) in [4.78, 5) is 16.5. The zero-order valence-electron chi connectivity index (χ0n) is 13.9. The van der Waals surface area contributed by atoms with Crippen molar-refractivity contribution in [2.24, 2.45) is 7.05 Å². The van der Waals surface area contributed by atoms with E-state index in [1.54, 1.807) is 17.7 Å². The molecule has 0 fully saturated rings. The molecule has 0 aliphatic heterocycles. The number of carbonyl (C=O) groups excluding carboxylic acids is 1. The van der Waals surface area contributed by atoms with E-state index < -0.39 is 6.61 Å². The van der Waals surface area contributed by atoms with Crippen molar-refractivity contribution in [1.82, 2.24) is 14.9 Å². The molecule has 1 heterocycles. The zero-order valence-corrected chi connectivity index (χ0v) is 13.9. The second kappa shape index (κ2) is 7.47. The molecule has 5 nitrogen and oxygen atoms in total. The number of nitrogens with zero attached hydrogens (tertiary/aromatic N) is 2. The van der Waals surface area contributed by atoms with Crippen molar-refractivity contribution in [1.29, 1.82) is 0 Å². The Bertz CT molecular complexity index is 923. The van der Waals surface area contributed by atoms with E-state index in [9.17, 15) is 18.0 Å². The Labute approximate surface area is 147 Å². The van der Waals surface area contributed by atoms with Gasteiger partial charge in [0, 0.05) is 25.6 Å². The van der Waals surface area contributed by atoms with E-state index in [-0.39, 0.29) is 17.5 Å². The lowest BCUT2D eigenvalue weighted by Crippen LogP contribution is -2.26. The lowest BCUT2D eigenvalue weighted by molar-refractivity contribution is -0.0498. The van der Waals surface area contributed by atoms with Gasteiger partial charge in [0.05, 0.1) is 11.0 Å². The number of hydrogen-bond donors (Lipinski definition) is 1. The molecule has 0 saturated carbocycles. The van der Waals surface area contributed by atoms with Crippen LogP contribution in [-0.2, 0) is 13.5 Å². The Morgan fingerprint density at radius 2 is 1.96 bits per heavy atom. The van der Waals surface area contributed by atoms with E-state index in [0.717, 1.165) is 0 Å². The van der Waals surface area contributed by atoms with Gasteiger partial charge in [-0.05, 0) is 42.5 Å². The lowest BCUT2D eigenvalue weighted by Gasteiger charge is -2.07. The van der Waals surface area contributed by atoms with E-state index in [1.165, 1.54) is 36.4 Å². The van der Waals surface area contributed by atoms with Crippen molar-refractivity contribution in [2.45, 2.75) is 13.0 Å². The predicted octanol–water partition coefficient (Wildman–Crippen LogP) is 3.29. The molecule has 1 aromatic heterocycles. The van der Waals surface area contributed by atoms with Crippen LogP contribution >= 0.6 is 0 Å². The number of benzene rings is 2. The average molecular weight is 363 g/mol. The molecule has 1 N–H and O–H groups in total. The molecular formula is C18H16F3N3O2. The third kappa shape index (κ3) is 3.96. The van der Waals surface area contributed by atoms with Crippen LogP contribution in [0.15, 0.2) is 42.5 Å². The number of alkyl halides is 2. The lowest BCUT2D eigenvalue weighted by atomic mass is 10.2.